The molecule has 0 N–H and O–H groups in total. The van der Waals surface area contributed by atoms with Crippen molar-refractivity contribution < 1.29 is 9.53 Å². The highest BCUT2D eigenvalue weighted by molar-refractivity contribution is 9.11. The van der Waals surface area contributed by atoms with E-state index < -0.39 is 0 Å². The van der Waals surface area contributed by atoms with Gasteiger partial charge in [0.05, 0.1) is 0 Å². The van der Waals surface area contributed by atoms with Crippen molar-refractivity contribution in [2.24, 2.45) is 0 Å². The van der Waals surface area contributed by atoms with Gasteiger partial charge >= 0.3 is 0 Å². The Balaban J connectivity index is 2.52. The number of benzene rings is 1. The number of hydrogen-bond donors (Lipinski definition) is 0. The molecule has 0 aliphatic carbocycles. The highest BCUT2D eigenvalue weighted by Gasteiger charge is 2.07. The van der Waals surface area contributed by atoms with Gasteiger partial charge in [-0.15, -0.1) is 0 Å². The second-order valence-corrected chi connectivity index (χ2v) is 5.80. The van der Waals surface area contributed by atoms with E-state index in [1.807, 2.05) is 6.07 Å². The largest absolute Gasteiger partial charge is 0.373 e. The van der Waals surface area contributed by atoms with E-state index in [0.717, 1.165) is 20.7 Å². The minimum atomic E-state index is -0.00317. The molecule has 1 rings (SSSR count). The zero-order chi connectivity index (χ0) is 12.0. The first-order chi connectivity index (χ1) is 7.63. The molecule has 0 amide bonds. The van der Waals surface area contributed by atoms with Crippen molar-refractivity contribution in [3.63, 3.8) is 0 Å². The molecule has 0 aliphatic heterocycles. The molecule has 1 aromatic carbocycles. The van der Waals surface area contributed by atoms with E-state index in [0.29, 0.717) is 12.2 Å². The summed E-state index contributed by atoms with van der Waals surface area (Å²) in [6.07, 6.45) is 0.912. The summed E-state index contributed by atoms with van der Waals surface area (Å²) < 4.78 is 7.02. The van der Waals surface area contributed by atoms with Gasteiger partial charge in [0.25, 0.3) is 0 Å². The van der Waals surface area contributed by atoms with Gasteiger partial charge in [-0.05, 0) is 24.6 Å². The number of rotatable bonds is 6. The van der Waals surface area contributed by atoms with Crippen LogP contribution >= 0.6 is 47.8 Å². The SMILES string of the molecule is O=C(COCCCBr)c1cc(Br)cc(Br)c1. The summed E-state index contributed by atoms with van der Waals surface area (Å²) in [5, 5.41) is 0.892. The van der Waals surface area contributed by atoms with E-state index in [1.165, 1.54) is 0 Å². The van der Waals surface area contributed by atoms with Crippen molar-refractivity contribution in [2.45, 2.75) is 6.42 Å². The van der Waals surface area contributed by atoms with Gasteiger partial charge in [-0.1, -0.05) is 47.8 Å². The summed E-state index contributed by atoms with van der Waals surface area (Å²) in [7, 11) is 0. The molecule has 0 aromatic heterocycles. The molecular weight excluding hydrogens is 404 g/mol. The minimum absolute atomic E-state index is 0.00317. The zero-order valence-corrected chi connectivity index (χ0v) is 13.3. The molecule has 16 heavy (non-hydrogen) atoms. The molecule has 5 heteroatoms. The van der Waals surface area contributed by atoms with Gasteiger partial charge in [0.1, 0.15) is 6.61 Å². The van der Waals surface area contributed by atoms with Crippen LogP contribution in [0.25, 0.3) is 0 Å². The number of alkyl halides is 1. The maximum atomic E-state index is 11.7. The molecule has 0 heterocycles. The maximum Gasteiger partial charge on any atom is 0.188 e. The lowest BCUT2D eigenvalue weighted by molar-refractivity contribution is 0.0763. The second-order valence-electron chi connectivity index (χ2n) is 3.18. The van der Waals surface area contributed by atoms with Crippen molar-refractivity contribution in [1.82, 2.24) is 0 Å². The number of halogens is 3. The van der Waals surface area contributed by atoms with E-state index >= 15 is 0 Å². The van der Waals surface area contributed by atoms with Gasteiger partial charge in [0.15, 0.2) is 5.78 Å². The van der Waals surface area contributed by atoms with Crippen LogP contribution in [0, 0.1) is 0 Å². The normalized spacial score (nSPS) is 10.4. The zero-order valence-electron chi connectivity index (χ0n) is 8.51. The lowest BCUT2D eigenvalue weighted by Crippen LogP contribution is -2.10. The van der Waals surface area contributed by atoms with Gasteiger partial charge in [-0.2, -0.15) is 0 Å². The Kier molecular flexibility index (Phi) is 6.80. The summed E-state index contributed by atoms with van der Waals surface area (Å²) in [6.45, 7) is 0.738. The Labute approximate surface area is 120 Å². The lowest BCUT2D eigenvalue weighted by atomic mass is 10.1. The van der Waals surface area contributed by atoms with Crippen LogP contribution in [-0.4, -0.2) is 24.3 Å². The van der Waals surface area contributed by atoms with E-state index in [4.69, 9.17) is 4.74 Å². The predicted molar refractivity (Wildman–Crippen MR) is 75.4 cm³/mol. The van der Waals surface area contributed by atoms with Crippen LogP contribution in [0.5, 0.6) is 0 Å². The molecule has 0 spiro atoms. The van der Waals surface area contributed by atoms with Crippen molar-refractivity contribution >= 4 is 53.6 Å². The van der Waals surface area contributed by atoms with Gasteiger partial charge < -0.3 is 4.74 Å². The van der Waals surface area contributed by atoms with E-state index in [-0.39, 0.29) is 12.4 Å². The van der Waals surface area contributed by atoms with E-state index in [1.54, 1.807) is 12.1 Å². The van der Waals surface area contributed by atoms with Crippen LogP contribution in [0.4, 0.5) is 0 Å². The molecule has 0 radical (unpaired) electrons. The Morgan fingerprint density at radius 3 is 2.38 bits per heavy atom. The number of ketones is 1. The molecule has 2 nitrogen and oxygen atoms in total. The Hall–Kier alpha value is 0.290. The highest BCUT2D eigenvalue weighted by Crippen LogP contribution is 2.20. The van der Waals surface area contributed by atoms with Crippen molar-refractivity contribution in [3.05, 3.63) is 32.7 Å². The fourth-order valence-corrected chi connectivity index (χ4v) is 2.64. The quantitative estimate of drug-likeness (QED) is 0.396. The summed E-state index contributed by atoms with van der Waals surface area (Å²) in [4.78, 5) is 11.7. The average Bonchev–Trinajstić information content (AvgIpc) is 2.22. The lowest BCUT2D eigenvalue weighted by Gasteiger charge is -2.04. The van der Waals surface area contributed by atoms with Crippen LogP contribution < -0.4 is 0 Å². The summed E-state index contributed by atoms with van der Waals surface area (Å²) >= 11 is 9.99. The predicted octanol–water partition coefficient (Wildman–Crippen LogP) is 4.20. The van der Waals surface area contributed by atoms with Crippen LogP contribution in [0.1, 0.15) is 16.8 Å². The van der Waals surface area contributed by atoms with Gasteiger partial charge in [0.2, 0.25) is 0 Å². The molecule has 0 fully saturated rings. The van der Waals surface area contributed by atoms with Gasteiger partial charge in [0, 0.05) is 26.4 Å². The molecule has 0 atom stereocenters. The monoisotopic (exact) mass is 412 g/mol. The third-order valence-corrected chi connectivity index (χ3v) is 3.32. The fourth-order valence-electron chi connectivity index (χ4n) is 1.12. The Morgan fingerprint density at radius 1 is 1.19 bits per heavy atom. The van der Waals surface area contributed by atoms with Crippen LogP contribution in [0.3, 0.4) is 0 Å². The van der Waals surface area contributed by atoms with Gasteiger partial charge in [-0.25, -0.2) is 0 Å². The highest BCUT2D eigenvalue weighted by atomic mass is 79.9. The van der Waals surface area contributed by atoms with Crippen LogP contribution in [0.15, 0.2) is 27.1 Å². The maximum absolute atomic E-state index is 11.7. The van der Waals surface area contributed by atoms with E-state index in [9.17, 15) is 4.79 Å². The molecule has 0 aliphatic rings. The average molecular weight is 415 g/mol. The van der Waals surface area contributed by atoms with Crippen molar-refractivity contribution in [1.29, 1.82) is 0 Å². The van der Waals surface area contributed by atoms with Crippen LogP contribution in [-0.2, 0) is 4.74 Å². The third-order valence-electron chi connectivity index (χ3n) is 1.84. The molecule has 88 valence electrons. The van der Waals surface area contributed by atoms with Crippen LogP contribution in [0.2, 0.25) is 0 Å². The first-order valence-electron chi connectivity index (χ1n) is 4.76. The van der Waals surface area contributed by atoms with Crippen molar-refractivity contribution in [2.75, 3.05) is 18.5 Å². The standard InChI is InChI=1S/C11H11Br3O2/c12-2-1-3-16-7-11(15)8-4-9(13)6-10(14)5-8/h4-6H,1-3,7H2. The summed E-state index contributed by atoms with van der Waals surface area (Å²) in [5.41, 5.74) is 0.653. The number of carbonyl (C=O) groups is 1. The van der Waals surface area contributed by atoms with E-state index in [2.05, 4.69) is 47.8 Å². The molecule has 0 saturated carbocycles. The second kappa shape index (κ2) is 7.58. The third kappa shape index (κ3) is 5.08. The smallest absolute Gasteiger partial charge is 0.188 e. The summed E-state index contributed by atoms with van der Waals surface area (Å²) in [5.74, 6) is -0.00317. The summed E-state index contributed by atoms with van der Waals surface area (Å²) in [6, 6.07) is 5.48. The first-order valence-corrected chi connectivity index (χ1v) is 7.47. The molecule has 1 aromatic rings. The number of Topliss-reactive ketones (excluding diaryl/α,β-unsaturated/α-hetero) is 1. The number of hydrogen-bond acceptors (Lipinski definition) is 2. The molecular formula is C11H11Br3O2. The van der Waals surface area contributed by atoms with Gasteiger partial charge in [-0.3, -0.25) is 4.79 Å². The first kappa shape index (κ1) is 14.4. The Bertz CT molecular complexity index is 346. The molecule has 0 unspecified atom stereocenters. The minimum Gasteiger partial charge on any atom is -0.373 e. The topological polar surface area (TPSA) is 26.3 Å². The number of ether oxygens (including phenoxy) is 1. The molecule has 0 saturated heterocycles. The fraction of sp³-hybridized carbons (Fsp3) is 0.364. The Morgan fingerprint density at radius 2 is 1.81 bits per heavy atom. The van der Waals surface area contributed by atoms with Crippen molar-refractivity contribution in [3.8, 4) is 0 Å². The number of carbonyl (C=O) groups excluding carboxylic acids is 1. The molecule has 0 bridgehead atoms.